The first-order valence-electron chi connectivity index (χ1n) is 11.4. The number of amides is 2. The second-order valence-electron chi connectivity index (χ2n) is 9.12. The Labute approximate surface area is 189 Å². The minimum Gasteiger partial charge on any atom is -0.497 e. The van der Waals surface area contributed by atoms with Gasteiger partial charge in [0.1, 0.15) is 11.8 Å². The molecule has 0 aliphatic carbocycles. The molecule has 3 aliphatic rings. The number of rotatable bonds is 4. The maximum absolute atomic E-state index is 12.9. The molecule has 8 heteroatoms. The summed E-state index contributed by atoms with van der Waals surface area (Å²) in [5.74, 6) is 1.85. The highest BCUT2D eigenvalue weighted by Crippen LogP contribution is 2.44. The fourth-order valence-electron chi connectivity index (χ4n) is 5.81. The third-order valence-corrected chi connectivity index (χ3v) is 6.99. The highest BCUT2D eigenvalue weighted by molar-refractivity contribution is 5.86. The van der Waals surface area contributed by atoms with E-state index in [1.54, 1.807) is 14.0 Å². The number of carbonyl (C=O) groups is 3. The van der Waals surface area contributed by atoms with E-state index in [0.29, 0.717) is 23.9 Å². The van der Waals surface area contributed by atoms with Gasteiger partial charge in [0.2, 0.25) is 11.8 Å². The van der Waals surface area contributed by atoms with Crippen LogP contribution in [-0.2, 0) is 14.4 Å². The molecule has 0 spiro atoms. The number of piperidine rings is 3. The second kappa shape index (κ2) is 10.8. The Kier molecular flexibility index (Phi) is 8.12. The summed E-state index contributed by atoms with van der Waals surface area (Å²) in [7, 11) is 1.71. The van der Waals surface area contributed by atoms with Crippen molar-refractivity contribution < 1.29 is 24.2 Å². The second-order valence-corrected chi connectivity index (χ2v) is 9.12. The largest absolute Gasteiger partial charge is 0.497 e. The maximum atomic E-state index is 12.9. The molecular formula is C24H35N3O5. The lowest BCUT2D eigenvalue weighted by molar-refractivity contribution is -0.142. The number of carbonyl (C=O) groups excluding carboxylic acids is 2. The van der Waals surface area contributed by atoms with Crippen LogP contribution in [0.5, 0.6) is 5.75 Å². The van der Waals surface area contributed by atoms with Crippen molar-refractivity contribution in [3.8, 4) is 5.75 Å². The predicted molar refractivity (Wildman–Crippen MR) is 120 cm³/mol. The number of nitrogens with zero attached hydrogens (tertiary/aromatic N) is 2. The topological polar surface area (TPSA) is 99.2 Å². The maximum Gasteiger partial charge on any atom is 0.290 e. The Bertz CT molecular complexity index is 799. The quantitative estimate of drug-likeness (QED) is 0.690. The van der Waals surface area contributed by atoms with Crippen LogP contribution in [0.3, 0.4) is 0 Å². The number of fused-ring (bicyclic) bond motifs is 4. The highest BCUT2D eigenvalue weighted by atomic mass is 16.5. The van der Waals surface area contributed by atoms with Crippen molar-refractivity contribution in [3.63, 3.8) is 0 Å². The molecule has 3 heterocycles. The molecule has 2 bridgehead atoms. The first-order valence-corrected chi connectivity index (χ1v) is 11.4. The van der Waals surface area contributed by atoms with E-state index in [2.05, 4.69) is 34.5 Å². The minimum atomic E-state index is -0.444. The number of ether oxygens (including phenoxy) is 1. The molecule has 8 nitrogen and oxygen atoms in total. The summed E-state index contributed by atoms with van der Waals surface area (Å²) >= 11 is 0. The van der Waals surface area contributed by atoms with Crippen molar-refractivity contribution >= 4 is 18.3 Å². The van der Waals surface area contributed by atoms with Gasteiger partial charge >= 0.3 is 0 Å². The summed E-state index contributed by atoms with van der Waals surface area (Å²) in [4.78, 5) is 37.3. The number of hydrogen-bond donors (Lipinski definition) is 2. The van der Waals surface area contributed by atoms with E-state index in [1.165, 1.54) is 38.2 Å². The average Bonchev–Trinajstić information content (AvgIpc) is 2.78. The summed E-state index contributed by atoms with van der Waals surface area (Å²) in [6.45, 7) is 5.68. The van der Waals surface area contributed by atoms with Crippen LogP contribution < -0.4 is 10.1 Å². The number of hydrogen-bond acceptors (Lipinski definition) is 5. The fraction of sp³-hybridized carbons (Fsp3) is 0.625. The van der Waals surface area contributed by atoms with Crippen LogP contribution in [-0.4, -0.2) is 72.0 Å². The molecule has 0 radical (unpaired) electrons. The first kappa shape index (κ1) is 24.0. The van der Waals surface area contributed by atoms with Gasteiger partial charge in [0.15, 0.2) is 0 Å². The molecule has 3 fully saturated rings. The summed E-state index contributed by atoms with van der Waals surface area (Å²) in [5.41, 5.74) is 1.38. The molecule has 5 atom stereocenters. The van der Waals surface area contributed by atoms with Crippen LogP contribution >= 0.6 is 0 Å². The lowest BCUT2D eigenvalue weighted by Gasteiger charge is -2.55. The Hall–Kier alpha value is -2.61. The van der Waals surface area contributed by atoms with Crippen LogP contribution in [0, 0.1) is 11.8 Å². The van der Waals surface area contributed by atoms with Crippen molar-refractivity contribution in [1.29, 1.82) is 0 Å². The monoisotopic (exact) mass is 445 g/mol. The number of methoxy groups -OCH3 is 1. The van der Waals surface area contributed by atoms with Gasteiger partial charge in [-0.15, -0.1) is 0 Å². The van der Waals surface area contributed by atoms with Crippen LogP contribution in [0.4, 0.5) is 0 Å². The Balaban J connectivity index is 0.000000913. The van der Waals surface area contributed by atoms with Crippen molar-refractivity contribution in [3.05, 3.63) is 29.8 Å². The van der Waals surface area contributed by atoms with E-state index in [1.807, 2.05) is 4.90 Å². The lowest BCUT2D eigenvalue weighted by atomic mass is 9.74. The van der Waals surface area contributed by atoms with Gasteiger partial charge in [-0.2, -0.15) is 0 Å². The van der Waals surface area contributed by atoms with E-state index >= 15 is 0 Å². The third-order valence-electron chi connectivity index (χ3n) is 6.99. The van der Waals surface area contributed by atoms with E-state index in [0.717, 1.165) is 25.4 Å². The molecule has 0 unspecified atom stereocenters. The smallest absolute Gasteiger partial charge is 0.290 e. The molecule has 3 saturated heterocycles. The van der Waals surface area contributed by atoms with Gasteiger partial charge in [-0.05, 0) is 62.1 Å². The lowest BCUT2D eigenvalue weighted by Crippen LogP contribution is -2.61. The zero-order chi connectivity index (χ0) is 23.3. The molecule has 32 heavy (non-hydrogen) atoms. The number of carboxylic acid groups (broad SMARTS) is 1. The van der Waals surface area contributed by atoms with Gasteiger partial charge in [-0.25, -0.2) is 0 Å². The zero-order valence-electron chi connectivity index (χ0n) is 19.2. The Morgan fingerprint density at radius 2 is 1.88 bits per heavy atom. The standard InChI is InChI=1S/C23H33N3O3.CH2O2/c1-15(24-16(2)27)23(28)25-12-17-11-19(14-25)22-6-4-5-21(26(22)13-17)18-7-9-20(29-3)10-8-18;2-1-3/h7-10,15,17,19,21-22H,4-6,11-14H2,1-3H3,(H,24,27);1H,(H,2,3)/t15-,17+,19-,21-,22+;/m1./s1. The molecule has 2 N–H and O–H groups in total. The van der Waals surface area contributed by atoms with Gasteiger partial charge in [0.05, 0.1) is 7.11 Å². The van der Waals surface area contributed by atoms with Crippen molar-refractivity contribution in [2.24, 2.45) is 11.8 Å². The SMILES string of the molecule is COc1ccc([C@H]2CCC[C@H]3[C@@H]4C[C@@H](CN(C(=O)[C@@H](C)NC(C)=O)C4)CN23)cc1.O=CO. The average molecular weight is 446 g/mol. The summed E-state index contributed by atoms with van der Waals surface area (Å²) in [5, 5.41) is 9.64. The van der Waals surface area contributed by atoms with Gasteiger partial charge in [0, 0.05) is 38.6 Å². The Morgan fingerprint density at radius 1 is 1.19 bits per heavy atom. The van der Waals surface area contributed by atoms with E-state index in [-0.39, 0.29) is 18.3 Å². The number of likely N-dealkylation sites (tertiary alicyclic amines) is 1. The van der Waals surface area contributed by atoms with Crippen molar-refractivity contribution in [2.45, 2.75) is 57.7 Å². The summed E-state index contributed by atoms with van der Waals surface area (Å²) in [6.07, 6.45) is 4.86. The van der Waals surface area contributed by atoms with E-state index in [9.17, 15) is 9.59 Å². The van der Waals surface area contributed by atoms with Gasteiger partial charge < -0.3 is 20.1 Å². The summed E-state index contributed by atoms with van der Waals surface area (Å²) in [6, 6.07) is 9.11. The number of nitrogens with one attached hydrogen (secondary N) is 1. The molecule has 4 rings (SSSR count). The molecule has 1 aromatic rings. The molecule has 176 valence electrons. The molecule has 3 aliphatic heterocycles. The summed E-state index contributed by atoms with van der Waals surface area (Å²) < 4.78 is 5.32. The predicted octanol–water partition coefficient (Wildman–Crippen LogP) is 2.29. The first-order chi connectivity index (χ1) is 15.4. The normalized spacial score (nSPS) is 27.8. The van der Waals surface area contributed by atoms with E-state index in [4.69, 9.17) is 14.6 Å². The fourth-order valence-corrected chi connectivity index (χ4v) is 5.81. The molecule has 2 amide bonds. The molecule has 0 saturated carbocycles. The minimum absolute atomic E-state index is 0.0610. The molecule has 0 aromatic heterocycles. The highest BCUT2D eigenvalue weighted by Gasteiger charge is 2.46. The van der Waals surface area contributed by atoms with Crippen molar-refractivity contribution in [1.82, 2.24) is 15.1 Å². The number of benzene rings is 1. The van der Waals surface area contributed by atoms with Gasteiger partial charge in [0.25, 0.3) is 6.47 Å². The van der Waals surface area contributed by atoms with Gasteiger partial charge in [-0.1, -0.05) is 12.1 Å². The van der Waals surface area contributed by atoms with Gasteiger partial charge in [-0.3, -0.25) is 19.3 Å². The molecular weight excluding hydrogens is 410 g/mol. The van der Waals surface area contributed by atoms with Crippen molar-refractivity contribution in [2.75, 3.05) is 26.7 Å². The van der Waals surface area contributed by atoms with Crippen LogP contribution in [0.15, 0.2) is 24.3 Å². The zero-order valence-corrected chi connectivity index (χ0v) is 19.2. The molecule has 1 aromatic carbocycles. The van der Waals surface area contributed by atoms with Crippen LogP contribution in [0.1, 0.15) is 51.1 Å². The third kappa shape index (κ3) is 5.41. The van der Waals surface area contributed by atoms with Crippen LogP contribution in [0.25, 0.3) is 0 Å². The Morgan fingerprint density at radius 3 is 2.50 bits per heavy atom. The van der Waals surface area contributed by atoms with Crippen LogP contribution in [0.2, 0.25) is 0 Å². The van der Waals surface area contributed by atoms with E-state index < -0.39 is 6.04 Å².